The van der Waals surface area contributed by atoms with Crippen molar-refractivity contribution in [1.29, 1.82) is 0 Å². The number of carbonyl (C=O) groups is 1. The van der Waals surface area contributed by atoms with Gasteiger partial charge in [-0.15, -0.1) is 16.9 Å². The quantitative estimate of drug-likeness (QED) is 0.859. The molecule has 1 N–H and O–H groups in total. The molecule has 5 nitrogen and oxygen atoms in total. The summed E-state index contributed by atoms with van der Waals surface area (Å²) in [6, 6.07) is 5.78. The van der Waals surface area contributed by atoms with Gasteiger partial charge in [-0.1, -0.05) is 0 Å². The van der Waals surface area contributed by atoms with Crippen molar-refractivity contribution in [2.24, 2.45) is 7.05 Å². The average Bonchev–Trinajstić information content (AvgIpc) is 2.65. The van der Waals surface area contributed by atoms with E-state index < -0.39 is 11.2 Å². The Hall–Kier alpha value is -1.69. The van der Waals surface area contributed by atoms with Gasteiger partial charge in [0.05, 0.1) is 17.0 Å². The molecule has 0 unspecified atom stereocenters. The fourth-order valence-corrected chi connectivity index (χ4v) is 2.69. The molecular formula is C14H18N2O3S. The summed E-state index contributed by atoms with van der Waals surface area (Å²) in [5.41, 5.74) is 0.966. The molecule has 108 valence electrons. The van der Waals surface area contributed by atoms with Crippen LogP contribution in [0, 0.1) is 0 Å². The van der Waals surface area contributed by atoms with Gasteiger partial charge in [0, 0.05) is 11.9 Å². The molecule has 0 radical (unpaired) electrons. The Kier molecular flexibility index (Phi) is 4.23. The molecule has 0 aliphatic heterocycles. The fourth-order valence-electron chi connectivity index (χ4n) is 1.85. The highest BCUT2D eigenvalue weighted by molar-refractivity contribution is 8.00. The Bertz CT molecular complexity index is 637. The zero-order valence-electron chi connectivity index (χ0n) is 12.0. The van der Waals surface area contributed by atoms with E-state index in [0.29, 0.717) is 5.88 Å². The van der Waals surface area contributed by atoms with E-state index in [1.54, 1.807) is 11.6 Å². The van der Waals surface area contributed by atoms with Gasteiger partial charge < -0.3 is 9.84 Å². The number of rotatable bonds is 5. The number of benzene rings is 1. The highest BCUT2D eigenvalue weighted by atomic mass is 32.2. The van der Waals surface area contributed by atoms with Crippen LogP contribution >= 0.6 is 11.8 Å². The first-order chi connectivity index (χ1) is 9.38. The summed E-state index contributed by atoms with van der Waals surface area (Å²) in [5, 5.41) is 13.7. The number of ether oxygens (including phenoxy) is 1. The van der Waals surface area contributed by atoms with Crippen molar-refractivity contribution in [2.75, 3.05) is 0 Å². The second-order valence-electron chi connectivity index (χ2n) is 4.87. The molecule has 0 bridgehead atoms. The lowest BCUT2D eigenvalue weighted by atomic mass is 10.2. The molecule has 1 atom stereocenters. The van der Waals surface area contributed by atoms with E-state index in [0.717, 1.165) is 15.8 Å². The number of fused-ring (bicyclic) bond motifs is 1. The Balaban J connectivity index is 2.38. The average molecular weight is 294 g/mol. The minimum Gasteiger partial charge on any atom is -0.480 e. The van der Waals surface area contributed by atoms with E-state index in [1.807, 2.05) is 39.1 Å². The van der Waals surface area contributed by atoms with Gasteiger partial charge in [0.2, 0.25) is 5.88 Å². The minimum absolute atomic E-state index is 0.0438. The molecule has 2 aromatic rings. The van der Waals surface area contributed by atoms with Crippen LogP contribution in [0.1, 0.15) is 20.8 Å². The van der Waals surface area contributed by atoms with Crippen molar-refractivity contribution >= 4 is 28.6 Å². The van der Waals surface area contributed by atoms with Crippen molar-refractivity contribution in [3.63, 3.8) is 0 Å². The lowest BCUT2D eigenvalue weighted by molar-refractivity contribution is -0.136. The summed E-state index contributed by atoms with van der Waals surface area (Å²) >= 11 is 1.31. The molecule has 0 saturated heterocycles. The van der Waals surface area contributed by atoms with Crippen molar-refractivity contribution in [1.82, 2.24) is 9.78 Å². The molecule has 2 rings (SSSR count). The van der Waals surface area contributed by atoms with Gasteiger partial charge in [-0.25, -0.2) is 0 Å². The standard InChI is InChI=1S/C14H18N2O3S/c1-8(2)19-13-11-7-10(20-9(3)14(17)18)5-6-12(11)16(4)15-13/h5-9H,1-4H3,(H,17,18)/t9-/m1/s1. The monoisotopic (exact) mass is 294 g/mol. The number of thioether (sulfide) groups is 1. The summed E-state index contributed by atoms with van der Waals surface area (Å²) in [7, 11) is 1.86. The molecule has 20 heavy (non-hydrogen) atoms. The second-order valence-corrected chi connectivity index (χ2v) is 6.29. The van der Waals surface area contributed by atoms with Crippen LogP contribution in [0.15, 0.2) is 23.1 Å². The van der Waals surface area contributed by atoms with E-state index in [9.17, 15) is 4.79 Å². The van der Waals surface area contributed by atoms with E-state index in [-0.39, 0.29) is 6.10 Å². The number of hydrogen-bond acceptors (Lipinski definition) is 4. The zero-order chi connectivity index (χ0) is 14.9. The SMILES string of the molecule is CC(C)Oc1nn(C)c2ccc(S[C@H](C)C(=O)O)cc12. The van der Waals surface area contributed by atoms with Crippen molar-refractivity contribution in [2.45, 2.75) is 37.0 Å². The van der Waals surface area contributed by atoms with Gasteiger partial charge in [0.25, 0.3) is 0 Å². The Morgan fingerprint density at radius 2 is 2.10 bits per heavy atom. The molecule has 0 saturated carbocycles. The zero-order valence-corrected chi connectivity index (χ0v) is 12.8. The summed E-state index contributed by atoms with van der Waals surface area (Å²) in [6.45, 7) is 5.57. The smallest absolute Gasteiger partial charge is 0.316 e. The molecule has 1 heterocycles. The predicted molar refractivity (Wildman–Crippen MR) is 79.4 cm³/mol. The Morgan fingerprint density at radius 1 is 1.40 bits per heavy atom. The molecule has 1 aromatic heterocycles. The molecule has 6 heteroatoms. The number of aromatic nitrogens is 2. The van der Waals surface area contributed by atoms with Gasteiger partial charge in [-0.2, -0.15) is 0 Å². The van der Waals surface area contributed by atoms with Crippen molar-refractivity contribution < 1.29 is 14.6 Å². The summed E-state index contributed by atoms with van der Waals surface area (Å²) in [4.78, 5) is 11.8. The Morgan fingerprint density at radius 3 is 2.70 bits per heavy atom. The Labute approximate surface area is 121 Å². The number of hydrogen-bond donors (Lipinski definition) is 1. The van der Waals surface area contributed by atoms with Crippen LogP contribution in [-0.4, -0.2) is 32.2 Å². The first kappa shape index (κ1) is 14.7. The third kappa shape index (κ3) is 3.07. The van der Waals surface area contributed by atoms with E-state index in [1.165, 1.54) is 11.8 Å². The van der Waals surface area contributed by atoms with Crippen LogP contribution < -0.4 is 4.74 Å². The van der Waals surface area contributed by atoms with Crippen LogP contribution in [-0.2, 0) is 11.8 Å². The molecule has 0 amide bonds. The molecule has 0 aliphatic carbocycles. The molecule has 1 aromatic carbocycles. The van der Waals surface area contributed by atoms with Crippen LogP contribution in [0.2, 0.25) is 0 Å². The van der Waals surface area contributed by atoms with Crippen LogP contribution in [0.25, 0.3) is 10.9 Å². The van der Waals surface area contributed by atoms with E-state index >= 15 is 0 Å². The highest BCUT2D eigenvalue weighted by Crippen LogP contribution is 2.31. The fraction of sp³-hybridized carbons (Fsp3) is 0.429. The summed E-state index contributed by atoms with van der Waals surface area (Å²) in [5.74, 6) is -0.233. The third-order valence-electron chi connectivity index (χ3n) is 2.80. The maximum Gasteiger partial charge on any atom is 0.316 e. The number of nitrogens with zero attached hydrogens (tertiary/aromatic N) is 2. The van der Waals surface area contributed by atoms with Gasteiger partial charge >= 0.3 is 5.97 Å². The lowest BCUT2D eigenvalue weighted by Crippen LogP contribution is -2.10. The van der Waals surface area contributed by atoms with E-state index in [4.69, 9.17) is 9.84 Å². The number of carboxylic acid groups (broad SMARTS) is 1. The number of aryl methyl sites for hydroxylation is 1. The van der Waals surface area contributed by atoms with Crippen molar-refractivity contribution in [3.05, 3.63) is 18.2 Å². The minimum atomic E-state index is -0.820. The number of aliphatic carboxylic acids is 1. The summed E-state index contributed by atoms with van der Waals surface area (Å²) in [6.07, 6.45) is 0.0438. The molecule has 0 spiro atoms. The van der Waals surface area contributed by atoms with Gasteiger partial charge in [0.1, 0.15) is 5.25 Å². The predicted octanol–water partition coefficient (Wildman–Crippen LogP) is 2.93. The lowest BCUT2D eigenvalue weighted by Gasteiger charge is -2.08. The molecular weight excluding hydrogens is 276 g/mol. The highest BCUT2D eigenvalue weighted by Gasteiger charge is 2.15. The summed E-state index contributed by atoms with van der Waals surface area (Å²) < 4.78 is 7.46. The van der Waals surface area contributed by atoms with Gasteiger partial charge in [-0.05, 0) is 39.0 Å². The van der Waals surface area contributed by atoms with Crippen molar-refractivity contribution in [3.8, 4) is 5.88 Å². The molecule has 0 fully saturated rings. The topological polar surface area (TPSA) is 64.4 Å². The van der Waals surface area contributed by atoms with Gasteiger partial charge in [-0.3, -0.25) is 9.48 Å². The molecule has 0 aliphatic rings. The first-order valence-electron chi connectivity index (χ1n) is 6.41. The largest absolute Gasteiger partial charge is 0.480 e. The second kappa shape index (κ2) is 5.75. The van der Waals surface area contributed by atoms with Crippen LogP contribution in [0.3, 0.4) is 0 Å². The maximum absolute atomic E-state index is 10.9. The van der Waals surface area contributed by atoms with Crippen LogP contribution in [0.5, 0.6) is 5.88 Å². The van der Waals surface area contributed by atoms with Crippen LogP contribution in [0.4, 0.5) is 0 Å². The normalized spacial score (nSPS) is 12.8. The van der Waals surface area contributed by atoms with Gasteiger partial charge in [0.15, 0.2) is 0 Å². The third-order valence-corrected chi connectivity index (χ3v) is 3.88. The maximum atomic E-state index is 10.9. The first-order valence-corrected chi connectivity index (χ1v) is 7.29. The van der Waals surface area contributed by atoms with E-state index in [2.05, 4.69) is 5.10 Å². The number of carboxylic acids is 1.